The smallest absolute Gasteiger partial charge is 0.314 e. The van der Waals surface area contributed by atoms with Crippen molar-refractivity contribution < 1.29 is 24.6 Å². The molecule has 3 N–H and O–H groups in total. The minimum absolute atomic E-state index is 0.207. The molecule has 0 saturated heterocycles. The van der Waals surface area contributed by atoms with Crippen LogP contribution in [0.1, 0.15) is 16.8 Å². The summed E-state index contributed by atoms with van der Waals surface area (Å²) in [7, 11) is 0. The second kappa shape index (κ2) is 8.80. The molecule has 0 aliphatic carbocycles. The molecule has 0 bridgehead atoms. The Morgan fingerprint density at radius 1 is 1.00 bits per heavy atom. The molecule has 8 nitrogen and oxygen atoms in total. The molecule has 114 valence electrons. The second-order valence-electron chi connectivity index (χ2n) is 3.88. The molecule has 0 aliphatic heterocycles. The maximum absolute atomic E-state index is 11.6. The van der Waals surface area contributed by atoms with E-state index in [4.69, 9.17) is 10.2 Å². The van der Waals surface area contributed by atoms with Crippen molar-refractivity contribution in [3.63, 3.8) is 0 Å². The fraction of sp³-hybridized carbons (Fsp3) is 0.0714. The van der Waals surface area contributed by atoms with Crippen LogP contribution in [0.15, 0.2) is 48.9 Å². The maximum atomic E-state index is 11.6. The monoisotopic (exact) mass is 303 g/mol. The van der Waals surface area contributed by atoms with E-state index in [0.717, 1.165) is 0 Å². The number of anilines is 1. The summed E-state index contributed by atoms with van der Waals surface area (Å²) in [6, 6.07) is 8.75. The molecule has 2 heterocycles. The van der Waals surface area contributed by atoms with Gasteiger partial charge in [0.05, 0.1) is 5.56 Å². The lowest BCUT2D eigenvalue weighted by Gasteiger charge is -2.02. The van der Waals surface area contributed by atoms with Crippen molar-refractivity contribution in [1.29, 1.82) is 0 Å². The SMILES string of the molecule is O=C(Nc1ccccn1)c1cccnc1.O=C(O)CC(=O)O. The molecule has 0 fully saturated rings. The zero-order chi connectivity index (χ0) is 16.4. The van der Waals surface area contributed by atoms with Crippen molar-refractivity contribution in [2.45, 2.75) is 6.42 Å². The number of carbonyl (C=O) groups excluding carboxylic acids is 1. The minimum Gasteiger partial charge on any atom is -0.481 e. The number of carboxylic acid groups (broad SMARTS) is 2. The topological polar surface area (TPSA) is 129 Å². The van der Waals surface area contributed by atoms with Crippen LogP contribution in [0.5, 0.6) is 0 Å². The molecule has 2 aromatic rings. The minimum atomic E-state index is -1.31. The maximum Gasteiger partial charge on any atom is 0.314 e. The van der Waals surface area contributed by atoms with Gasteiger partial charge in [0.2, 0.25) is 0 Å². The highest BCUT2D eigenvalue weighted by molar-refractivity contribution is 6.03. The van der Waals surface area contributed by atoms with Crippen LogP contribution in [0.4, 0.5) is 5.82 Å². The molecule has 0 aromatic carbocycles. The quantitative estimate of drug-likeness (QED) is 0.725. The van der Waals surface area contributed by atoms with Crippen LogP contribution in [0.25, 0.3) is 0 Å². The van der Waals surface area contributed by atoms with Crippen LogP contribution in [-0.2, 0) is 9.59 Å². The summed E-state index contributed by atoms with van der Waals surface area (Å²) in [6.45, 7) is 0. The Morgan fingerprint density at radius 2 is 1.73 bits per heavy atom. The normalized spacial score (nSPS) is 9.09. The number of nitrogens with zero attached hydrogens (tertiary/aromatic N) is 2. The summed E-state index contributed by atoms with van der Waals surface area (Å²) in [6.07, 6.45) is 3.95. The van der Waals surface area contributed by atoms with Gasteiger partial charge in [0.1, 0.15) is 12.2 Å². The molecule has 22 heavy (non-hydrogen) atoms. The Labute approximate surface area is 125 Å². The first-order valence-electron chi connectivity index (χ1n) is 6.05. The Bertz CT molecular complexity index is 619. The highest BCUT2D eigenvalue weighted by atomic mass is 16.4. The van der Waals surface area contributed by atoms with Crippen molar-refractivity contribution in [3.05, 3.63) is 54.5 Å². The third-order valence-electron chi connectivity index (χ3n) is 2.13. The van der Waals surface area contributed by atoms with Crippen LogP contribution < -0.4 is 5.32 Å². The molecule has 2 aromatic heterocycles. The summed E-state index contributed by atoms with van der Waals surface area (Å²) >= 11 is 0. The number of carbonyl (C=O) groups is 3. The van der Waals surface area contributed by atoms with Gasteiger partial charge >= 0.3 is 11.9 Å². The van der Waals surface area contributed by atoms with Crippen LogP contribution in [0.2, 0.25) is 0 Å². The van der Waals surface area contributed by atoms with E-state index in [9.17, 15) is 14.4 Å². The number of nitrogens with one attached hydrogen (secondary N) is 1. The summed E-state index contributed by atoms with van der Waals surface area (Å²) in [5.41, 5.74) is 0.517. The molecular formula is C14H13N3O5. The number of pyridine rings is 2. The fourth-order valence-corrected chi connectivity index (χ4v) is 1.25. The highest BCUT2D eigenvalue weighted by Crippen LogP contribution is 2.03. The van der Waals surface area contributed by atoms with Gasteiger partial charge in [0.25, 0.3) is 5.91 Å². The van der Waals surface area contributed by atoms with Crippen molar-refractivity contribution >= 4 is 23.7 Å². The number of aliphatic carboxylic acids is 2. The molecule has 0 atom stereocenters. The van der Waals surface area contributed by atoms with E-state index >= 15 is 0 Å². The number of hydrogen-bond acceptors (Lipinski definition) is 5. The molecular weight excluding hydrogens is 290 g/mol. The Kier molecular flexibility index (Phi) is 6.70. The Balaban J connectivity index is 0.000000295. The van der Waals surface area contributed by atoms with E-state index in [1.54, 1.807) is 36.7 Å². The van der Waals surface area contributed by atoms with Crippen molar-refractivity contribution in [2.24, 2.45) is 0 Å². The number of aromatic nitrogens is 2. The van der Waals surface area contributed by atoms with Crippen molar-refractivity contribution in [3.8, 4) is 0 Å². The van der Waals surface area contributed by atoms with Gasteiger partial charge in [0.15, 0.2) is 0 Å². The van der Waals surface area contributed by atoms with Crippen LogP contribution >= 0.6 is 0 Å². The van der Waals surface area contributed by atoms with Crippen LogP contribution in [0.3, 0.4) is 0 Å². The molecule has 1 amide bonds. The average Bonchev–Trinajstić information content (AvgIpc) is 2.48. The number of carboxylic acids is 2. The first-order valence-corrected chi connectivity index (χ1v) is 6.05. The predicted molar refractivity (Wildman–Crippen MR) is 76.3 cm³/mol. The van der Waals surface area contributed by atoms with Gasteiger partial charge in [-0.1, -0.05) is 6.07 Å². The van der Waals surface area contributed by atoms with E-state index in [1.165, 1.54) is 6.20 Å². The Hall–Kier alpha value is -3.29. The lowest BCUT2D eigenvalue weighted by molar-refractivity contribution is -0.147. The summed E-state index contributed by atoms with van der Waals surface area (Å²) < 4.78 is 0. The number of rotatable bonds is 4. The third kappa shape index (κ3) is 6.75. The van der Waals surface area contributed by atoms with Gasteiger partial charge in [-0.15, -0.1) is 0 Å². The average molecular weight is 303 g/mol. The first-order chi connectivity index (χ1) is 10.5. The van der Waals surface area contributed by atoms with Crippen molar-refractivity contribution in [2.75, 3.05) is 5.32 Å². The number of amides is 1. The highest BCUT2D eigenvalue weighted by Gasteiger charge is 2.05. The van der Waals surface area contributed by atoms with E-state index in [2.05, 4.69) is 15.3 Å². The molecule has 0 unspecified atom stereocenters. The molecule has 2 rings (SSSR count). The standard InChI is InChI=1S/C11H9N3O.C3H4O4/c15-11(9-4-3-6-12-8-9)14-10-5-1-2-7-13-10;4-2(5)1-3(6)7/h1-8H,(H,13,14,15);1H2,(H,4,5)(H,6,7). The van der Waals surface area contributed by atoms with Crippen LogP contribution in [0, 0.1) is 0 Å². The zero-order valence-corrected chi connectivity index (χ0v) is 11.3. The van der Waals surface area contributed by atoms with Gasteiger partial charge in [0, 0.05) is 18.6 Å². The molecule has 0 aliphatic rings. The summed E-state index contributed by atoms with van der Waals surface area (Å²) in [5.74, 6) is -2.30. The molecule has 0 saturated carbocycles. The molecule has 8 heteroatoms. The van der Waals surface area contributed by atoms with Gasteiger partial charge in [-0.05, 0) is 24.3 Å². The van der Waals surface area contributed by atoms with Crippen LogP contribution in [-0.4, -0.2) is 38.0 Å². The van der Waals surface area contributed by atoms with E-state index in [0.29, 0.717) is 11.4 Å². The first kappa shape index (κ1) is 16.8. The molecule has 0 spiro atoms. The van der Waals surface area contributed by atoms with Crippen molar-refractivity contribution in [1.82, 2.24) is 9.97 Å². The van der Waals surface area contributed by atoms with Gasteiger partial charge in [-0.3, -0.25) is 19.4 Å². The van der Waals surface area contributed by atoms with E-state index in [1.807, 2.05) is 6.07 Å². The van der Waals surface area contributed by atoms with E-state index < -0.39 is 18.4 Å². The lowest BCUT2D eigenvalue weighted by Crippen LogP contribution is -2.12. The van der Waals surface area contributed by atoms with E-state index in [-0.39, 0.29) is 5.91 Å². The summed E-state index contributed by atoms with van der Waals surface area (Å²) in [4.78, 5) is 38.3. The molecule has 0 radical (unpaired) electrons. The largest absolute Gasteiger partial charge is 0.481 e. The summed E-state index contributed by atoms with van der Waals surface area (Å²) in [5, 5.41) is 18.1. The fourth-order valence-electron chi connectivity index (χ4n) is 1.25. The Morgan fingerprint density at radius 3 is 2.18 bits per heavy atom. The lowest BCUT2D eigenvalue weighted by atomic mass is 10.3. The zero-order valence-electron chi connectivity index (χ0n) is 11.3. The van der Waals surface area contributed by atoms with Gasteiger partial charge in [-0.25, -0.2) is 4.98 Å². The van der Waals surface area contributed by atoms with Gasteiger partial charge < -0.3 is 15.5 Å². The number of hydrogen-bond donors (Lipinski definition) is 3. The predicted octanol–water partition coefficient (Wildman–Crippen LogP) is 1.27. The second-order valence-corrected chi connectivity index (χ2v) is 3.88. The third-order valence-corrected chi connectivity index (χ3v) is 2.13. The van der Waals surface area contributed by atoms with Gasteiger partial charge in [-0.2, -0.15) is 0 Å².